The number of anilines is 2. The Morgan fingerprint density at radius 3 is 2.59 bits per heavy atom. The van der Waals surface area contributed by atoms with Crippen molar-refractivity contribution in [3.63, 3.8) is 0 Å². The molecule has 2 rings (SSSR count). The number of para-hydroxylation sites is 2. The highest BCUT2D eigenvalue weighted by Crippen LogP contribution is 2.29. The maximum absolute atomic E-state index is 12.3. The molecule has 1 aliphatic heterocycles. The van der Waals surface area contributed by atoms with Gasteiger partial charge in [0, 0.05) is 18.4 Å². The summed E-state index contributed by atoms with van der Waals surface area (Å²) in [4.78, 5) is 37.2. The second-order valence-corrected chi connectivity index (χ2v) is 6.34. The fraction of sp³-hybridized carbons (Fsp3) is 0.438. The van der Waals surface area contributed by atoms with E-state index in [2.05, 4.69) is 10.6 Å². The molecule has 1 aromatic rings. The highest BCUT2D eigenvalue weighted by atomic mass is 16.2. The van der Waals surface area contributed by atoms with Crippen LogP contribution in [0.3, 0.4) is 0 Å². The van der Waals surface area contributed by atoms with Gasteiger partial charge in [-0.3, -0.25) is 14.4 Å². The lowest BCUT2D eigenvalue weighted by atomic mass is 10.1. The van der Waals surface area contributed by atoms with Crippen LogP contribution >= 0.6 is 0 Å². The lowest BCUT2D eigenvalue weighted by molar-refractivity contribution is -0.126. The van der Waals surface area contributed by atoms with Gasteiger partial charge in [0.1, 0.15) is 6.54 Å². The van der Waals surface area contributed by atoms with Gasteiger partial charge in [-0.1, -0.05) is 12.1 Å². The van der Waals surface area contributed by atoms with Crippen LogP contribution in [0.5, 0.6) is 0 Å². The van der Waals surface area contributed by atoms with Crippen LogP contribution in [0.1, 0.15) is 33.6 Å². The number of fused-ring (bicyclic) bond motifs is 1. The number of carbonyl (C=O) groups excluding carboxylic acids is 3. The van der Waals surface area contributed by atoms with Crippen molar-refractivity contribution in [2.45, 2.75) is 39.2 Å². The Balaban J connectivity index is 2.01. The highest BCUT2D eigenvalue weighted by Gasteiger charge is 2.26. The number of nitrogens with zero attached hydrogens (tertiary/aromatic N) is 1. The molecule has 0 atom stereocenters. The Bertz CT molecular complexity index is 605. The van der Waals surface area contributed by atoms with Crippen LogP contribution in [0.15, 0.2) is 24.3 Å². The summed E-state index contributed by atoms with van der Waals surface area (Å²) in [5, 5.41) is 5.54. The Hall–Kier alpha value is -2.37. The maximum Gasteiger partial charge on any atom is 0.244 e. The summed E-state index contributed by atoms with van der Waals surface area (Å²) in [5.74, 6) is -0.631. The molecule has 0 aliphatic carbocycles. The van der Waals surface area contributed by atoms with Crippen molar-refractivity contribution in [3.05, 3.63) is 24.3 Å². The van der Waals surface area contributed by atoms with Crippen molar-refractivity contribution in [1.29, 1.82) is 0 Å². The fourth-order valence-electron chi connectivity index (χ4n) is 2.29. The molecule has 1 aromatic carbocycles. The first-order valence-corrected chi connectivity index (χ1v) is 7.26. The predicted molar refractivity (Wildman–Crippen MR) is 84.6 cm³/mol. The zero-order chi connectivity index (χ0) is 16.3. The summed E-state index contributed by atoms with van der Waals surface area (Å²) in [7, 11) is 0. The Labute approximate surface area is 129 Å². The zero-order valence-corrected chi connectivity index (χ0v) is 13.1. The van der Waals surface area contributed by atoms with E-state index in [4.69, 9.17) is 0 Å². The summed E-state index contributed by atoms with van der Waals surface area (Å²) >= 11 is 0. The topological polar surface area (TPSA) is 78.5 Å². The summed E-state index contributed by atoms with van der Waals surface area (Å²) in [5.41, 5.74) is 0.965. The van der Waals surface area contributed by atoms with Crippen molar-refractivity contribution >= 4 is 29.1 Å². The van der Waals surface area contributed by atoms with Crippen LogP contribution in [0.2, 0.25) is 0 Å². The molecule has 0 saturated carbocycles. The molecule has 22 heavy (non-hydrogen) atoms. The first-order valence-electron chi connectivity index (χ1n) is 7.26. The Kier molecular flexibility index (Phi) is 4.49. The quantitative estimate of drug-likeness (QED) is 0.891. The molecule has 0 aromatic heterocycles. The van der Waals surface area contributed by atoms with Gasteiger partial charge in [0.25, 0.3) is 0 Å². The van der Waals surface area contributed by atoms with Crippen molar-refractivity contribution < 1.29 is 14.4 Å². The lowest BCUT2D eigenvalue weighted by Gasteiger charge is -2.29. The summed E-state index contributed by atoms with van der Waals surface area (Å²) < 4.78 is 0. The number of nitrogens with one attached hydrogen (secondary N) is 2. The largest absolute Gasteiger partial charge is 0.351 e. The molecule has 0 spiro atoms. The molecule has 2 N–H and O–H groups in total. The van der Waals surface area contributed by atoms with Crippen molar-refractivity contribution in [1.82, 2.24) is 5.32 Å². The van der Waals surface area contributed by atoms with Crippen molar-refractivity contribution in [3.8, 4) is 0 Å². The molecular formula is C16H21N3O3. The first-order chi connectivity index (χ1) is 10.3. The molecule has 0 saturated heterocycles. The molecule has 1 heterocycles. The number of benzene rings is 1. The second kappa shape index (κ2) is 6.17. The van der Waals surface area contributed by atoms with Crippen molar-refractivity contribution in [2.75, 3.05) is 16.8 Å². The van der Waals surface area contributed by atoms with Gasteiger partial charge in [0.15, 0.2) is 0 Å². The molecule has 6 heteroatoms. The Morgan fingerprint density at radius 2 is 1.91 bits per heavy atom. The number of hydrogen-bond acceptors (Lipinski definition) is 3. The molecule has 6 nitrogen and oxygen atoms in total. The minimum atomic E-state index is -0.322. The summed E-state index contributed by atoms with van der Waals surface area (Å²) in [6, 6.07) is 7.13. The van der Waals surface area contributed by atoms with Gasteiger partial charge in [-0.2, -0.15) is 0 Å². The average molecular weight is 303 g/mol. The van der Waals surface area contributed by atoms with Gasteiger partial charge in [-0.25, -0.2) is 0 Å². The SMILES string of the molecule is CC(C)(C)NC(=O)CCC(=O)N1CC(=O)Nc2ccccc21. The predicted octanol–water partition coefficient (Wildman–Crippen LogP) is 1.67. The lowest BCUT2D eigenvalue weighted by Crippen LogP contribution is -2.43. The van der Waals surface area contributed by atoms with Gasteiger partial charge in [0.05, 0.1) is 11.4 Å². The standard InChI is InChI=1S/C16H21N3O3/c1-16(2,3)18-13(20)8-9-15(22)19-10-14(21)17-11-6-4-5-7-12(11)19/h4-7H,8-10H2,1-3H3,(H,17,21)(H,18,20). The summed E-state index contributed by atoms with van der Waals surface area (Å²) in [6.07, 6.45) is 0.180. The second-order valence-electron chi connectivity index (χ2n) is 6.34. The van der Waals surface area contributed by atoms with Crippen LogP contribution < -0.4 is 15.5 Å². The van der Waals surface area contributed by atoms with E-state index in [1.54, 1.807) is 18.2 Å². The molecule has 1 aliphatic rings. The molecule has 0 radical (unpaired) electrons. The maximum atomic E-state index is 12.3. The summed E-state index contributed by atoms with van der Waals surface area (Å²) in [6.45, 7) is 5.64. The smallest absolute Gasteiger partial charge is 0.244 e. The van der Waals surface area contributed by atoms with Gasteiger partial charge in [-0.15, -0.1) is 0 Å². The number of hydrogen-bond donors (Lipinski definition) is 2. The van der Waals surface area contributed by atoms with E-state index in [1.807, 2.05) is 26.8 Å². The monoisotopic (exact) mass is 303 g/mol. The third-order valence-corrected chi connectivity index (χ3v) is 3.15. The minimum Gasteiger partial charge on any atom is -0.351 e. The number of rotatable bonds is 3. The third kappa shape index (κ3) is 4.07. The van der Waals surface area contributed by atoms with E-state index < -0.39 is 0 Å². The first kappa shape index (κ1) is 16.0. The van der Waals surface area contributed by atoms with E-state index in [9.17, 15) is 14.4 Å². The fourth-order valence-corrected chi connectivity index (χ4v) is 2.29. The average Bonchev–Trinajstić information content (AvgIpc) is 2.42. The molecular weight excluding hydrogens is 282 g/mol. The zero-order valence-electron chi connectivity index (χ0n) is 13.1. The van der Waals surface area contributed by atoms with E-state index in [-0.39, 0.29) is 42.6 Å². The van der Waals surface area contributed by atoms with Crippen LogP contribution in [-0.4, -0.2) is 29.8 Å². The van der Waals surface area contributed by atoms with Gasteiger partial charge in [-0.05, 0) is 32.9 Å². The highest BCUT2D eigenvalue weighted by molar-refractivity contribution is 6.10. The van der Waals surface area contributed by atoms with E-state index in [0.717, 1.165) is 0 Å². The van der Waals surface area contributed by atoms with E-state index in [0.29, 0.717) is 11.4 Å². The molecule has 0 fully saturated rings. The van der Waals surface area contributed by atoms with Crippen LogP contribution in [-0.2, 0) is 14.4 Å². The molecule has 0 bridgehead atoms. The van der Waals surface area contributed by atoms with Gasteiger partial charge < -0.3 is 15.5 Å². The van der Waals surface area contributed by atoms with Gasteiger partial charge in [0.2, 0.25) is 17.7 Å². The molecule has 118 valence electrons. The number of carbonyl (C=O) groups is 3. The van der Waals surface area contributed by atoms with E-state index >= 15 is 0 Å². The van der Waals surface area contributed by atoms with Crippen LogP contribution in [0, 0.1) is 0 Å². The molecule has 3 amide bonds. The normalized spacial score (nSPS) is 14.1. The van der Waals surface area contributed by atoms with E-state index in [1.165, 1.54) is 4.90 Å². The molecule has 0 unspecified atom stereocenters. The minimum absolute atomic E-state index is 0.0171. The van der Waals surface area contributed by atoms with Crippen LogP contribution in [0.4, 0.5) is 11.4 Å². The van der Waals surface area contributed by atoms with Gasteiger partial charge >= 0.3 is 0 Å². The Morgan fingerprint density at radius 1 is 1.23 bits per heavy atom. The van der Waals surface area contributed by atoms with Crippen molar-refractivity contribution in [2.24, 2.45) is 0 Å². The van der Waals surface area contributed by atoms with Crippen LogP contribution in [0.25, 0.3) is 0 Å². The third-order valence-electron chi connectivity index (χ3n) is 3.15. The number of amides is 3.